The molecule has 5 nitrogen and oxygen atoms in total. The molecule has 2 heterocycles. The predicted octanol–water partition coefficient (Wildman–Crippen LogP) is 4.05. The van der Waals surface area contributed by atoms with Crippen molar-refractivity contribution in [1.29, 1.82) is 0 Å². The zero-order valence-electron chi connectivity index (χ0n) is 16.1. The molecule has 1 saturated heterocycles. The number of rotatable bonds is 4. The van der Waals surface area contributed by atoms with Crippen molar-refractivity contribution in [3.8, 4) is 0 Å². The Balaban J connectivity index is 1.56. The van der Waals surface area contributed by atoms with Gasteiger partial charge in [0, 0.05) is 26.2 Å². The molecule has 0 bridgehead atoms. The van der Waals surface area contributed by atoms with E-state index in [1.54, 1.807) is 4.90 Å². The summed E-state index contributed by atoms with van der Waals surface area (Å²) in [4.78, 5) is 14.9. The maximum absolute atomic E-state index is 13.1. The summed E-state index contributed by atoms with van der Waals surface area (Å²) in [5.41, 5.74) is 2.62. The van der Waals surface area contributed by atoms with Crippen molar-refractivity contribution in [3.05, 3.63) is 70.8 Å². The van der Waals surface area contributed by atoms with Gasteiger partial charge in [0.1, 0.15) is 0 Å². The number of amides is 1. The molecule has 2 aliphatic rings. The number of carbonyl (C=O) groups excluding carboxylic acids is 1. The Morgan fingerprint density at radius 3 is 2.34 bits per heavy atom. The fraction of sp³-hybridized carbons (Fsp3) is 0.318. The molecule has 0 saturated carbocycles. The zero-order valence-corrected chi connectivity index (χ0v) is 17.6. The van der Waals surface area contributed by atoms with Gasteiger partial charge in [-0.2, -0.15) is 4.31 Å². The van der Waals surface area contributed by atoms with E-state index in [0.29, 0.717) is 26.2 Å². The Bertz CT molecular complexity index is 1040. The van der Waals surface area contributed by atoms with E-state index < -0.39 is 10.0 Å². The Morgan fingerprint density at radius 1 is 0.966 bits per heavy atom. The summed E-state index contributed by atoms with van der Waals surface area (Å²) in [5, 5.41) is 0.271. The summed E-state index contributed by atoms with van der Waals surface area (Å²) < 4.78 is 27.2. The van der Waals surface area contributed by atoms with E-state index in [1.807, 2.05) is 18.2 Å². The maximum atomic E-state index is 13.1. The lowest BCUT2D eigenvalue weighted by Crippen LogP contribution is -2.35. The predicted molar refractivity (Wildman–Crippen MR) is 114 cm³/mol. The van der Waals surface area contributed by atoms with Crippen LogP contribution in [0, 0.1) is 0 Å². The van der Waals surface area contributed by atoms with Gasteiger partial charge in [-0.05, 0) is 48.6 Å². The lowest BCUT2D eigenvalue weighted by molar-refractivity contribution is 0.0773. The molecule has 29 heavy (non-hydrogen) atoms. The third-order valence-corrected chi connectivity index (χ3v) is 7.74. The highest BCUT2D eigenvalue weighted by Crippen LogP contribution is 2.28. The number of carbonyl (C=O) groups is 1. The highest BCUT2D eigenvalue weighted by molar-refractivity contribution is 7.89. The molecular formula is C22H23ClN2O3S. The van der Waals surface area contributed by atoms with E-state index in [0.717, 1.165) is 24.8 Å². The van der Waals surface area contributed by atoms with Crippen LogP contribution in [0.1, 0.15) is 35.2 Å². The summed E-state index contributed by atoms with van der Waals surface area (Å²) in [5.74, 6) is -0.239. The first-order valence-electron chi connectivity index (χ1n) is 9.80. The second-order valence-corrected chi connectivity index (χ2v) is 9.69. The third-order valence-electron chi connectivity index (χ3n) is 5.51. The van der Waals surface area contributed by atoms with Gasteiger partial charge in [-0.25, -0.2) is 8.42 Å². The van der Waals surface area contributed by atoms with Crippen molar-refractivity contribution >= 4 is 33.1 Å². The molecule has 0 radical (unpaired) electrons. The molecule has 0 N–H and O–H groups in total. The maximum Gasteiger partial charge on any atom is 0.255 e. The van der Waals surface area contributed by atoms with Gasteiger partial charge in [0.05, 0.1) is 15.5 Å². The van der Waals surface area contributed by atoms with E-state index in [9.17, 15) is 13.2 Å². The molecule has 0 spiro atoms. The van der Waals surface area contributed by atoms with Gasteiger partial charge in [-0.3, -0.25) is 4.79 Å². The summed E-state index contributed by atoms with van der Waals surface area (Å²) in [6.45, 7) is 2.09. The molecule has 2 aromatic carbocycles. The van der Waals surface area contributed by atoms with Crippen LogP contribution in [0.15, 0.2) is 59.5 Å². The van der Waals surface area contributed by atoms with Gasteiger partial charge >= 0.3 is 0 Å². The van der Waals surface area contributed by atoms with Crippen molar-refractivity contribution in [2.24, 2.45) is 0 Å². The summed E-state index contributed by atoms with van der Waals surface area (Å²) in [6.07, 6.45) is 4.53. The molecular weight excluding hydrogens is 408 g/mol. The van der Waals surface area contributed by atoms with E-state index in [2.05, 4.69) is 18.2 Å². The average molecular weight is 431 g/mol. The molecule has 0 unspecified atom stereocenters. The van der Waals surface area contributed by atoms with E-state index in [1.165, 1.54) is 28.1 Å². The largest absolute Gasteiger partial charge is 0.335 e. The Morgan fingerprint density at radius 2 is 1.69 bits per heavy atom. The molecule has 2 aromatic rings. The monoisotopic (exact) mass is 430 g/mol. The van der Waals surface area contributed by atoms with Crippen LogP contribution in [0.25, 0.3) is 5.57 Å². The lowest BCUT2D eigenvalue weighted by Gasteiger charge is -2.27. The second-order valence-electron chi connectivity index (χ2n) is 7.35. The number of sulfonamides is 1. The highest BCUT2D eigenvalue weighted by Gasteiger charge is 2.29. The Labute approximate surface area is 176 Å². The van der Waals surface area contributed by atoms with E-state index in [-0.39, 0.29) is 21.4 Å². The molecule has 4 rings (SSSR count). The molecule has 7 heteroatoms. The molecule has 152 valence electrons. The molecule has 1 amide bonds. The fourth-order valence-electron chi connectivity index (χ4n) is 3.84. The number of halogens is 1. The van der Waals surface area contributed by atoms with Gasteiger partial charge in [0.15, 0.2) is 0 Å². The summed E-state index contributed by atoms with van der Waals surface area (Å²) >= 11 is 6.27. The van der Waals surface area contributed by atoms with Gasteiger partial charge < -0.3 is 4.90 Å². The standard InChI is InChI=1S/C22H23ClN2O3S/c23-21-9-8-19(29(27,28)25-12-4-5-13-25)16-20(21)22(26)24-14-10-18(11-15-24)17-6-2-1-3-7-17/h1-3,6-10,16H,4-5,11-15H2. The van der Waals surface area contributed by atoms with Crippen LogP contribution in [0.5, 0.6) is 0 Å². The molecule has 0 atom stereocenters. The topological polar surface area (TPSA) is 57.7 Å². The fourth-order valence-corrected chi connectivity index (χ4v) is 5.59. The van der Waals surface area contributed by atoms with Crippen molar-refractivity contribution in [1.82, 2.24) is 9.21 Å². The lowest BCUT2D eigenvalue weighted by atomic mass is 9.99. The van der Waals surface area contributed by atoms with E-state index in [4.69, 9.17) is 11.6 Å². The first-order chi connectivity index (χ1) is 14.0. The van der Waals surface area contributed by atoms with Gasteiger partial charge in [0.2, 0.25) is 10.0 Å². The Hall–Kier alpha value is -2.15. The Kier molecular flexibility index (Phi) is 5.76. The minimum absolute atomic E-state index is 0.129. The quantitative estimate of drug-likeness (QED) is 0.735. The number of hydrogen-bond donors (Lipinski definition) is 0. The molecule has 2 aliphatic heterocycles. The van der Waals surface area contributed by atoms with Crippen molar-refractivity contribution in [3.63, 3.8) is 0 Å². The first-order valence-corrected chi connectivity index (χ1v) is 11.6. The van der Waals surface area contributed by atoms with Crippen molar-refractivity contribution in [2.45, 2.75) is 24.2 Å². The minimum Gasteiger partial charge on any atom is -0.335 e. The van der Waals surface area contributed by atoms with Gasteiger partial charge in [0.25, 0.3) is 5.91 Å². The van der Waals surface area contributed by atoms with Gasteiger partial charge in [-0.15, -0.1) is 0 Å². The van der Waals surface area contributed by atoms with Crippen LogP contribution >= 0.6 is 11.6 Å². The molecule has 0 aliphatic carbocycles. The normalized spacial score (nSPS) is 18.0. The molecule has 0 aromatic heterocycles. The average Bonchev–Trinajstić information content (AvgIpc) is 3.30. The number of benzene rings is 2. The van der Waals surface area contributed by atoms with Crippen LogP contribution in [0.2, 0.25) is 5.02 Å². The highest BCUT2D eigenvalue weighted by atomic mass is 35.5. The third kappa shape index (κ3) is 4.10. The summed E-state index contributed by atoms with van der Waals surface area (Å²) in [6, 6.07) is 14.5. The van der Waals surface area contributed by atoms with Crippen molar-refractivity contribution in [2.75, 3.05) is 26.2 Å². The van der Waals surface area contributed by atoms with Crippen LogP contribution in [0.3, 0.4) is 0 Å². The van der Waals surface area contributed by atoms with Crippen LogP contribution in [0.4, 0.5) is 0 Å². The van der Waals surface area contributed by atoms with Crippen LogP contribution < -0.4 is 0 Å². The smallest absolute Gasteiger partial charge is 0.255 e. The zero-order chi connectivity index (χ0) is 20.4. The second kappa shape index (κ2) is 8.30. The van der Waals surface area contributed by atoms with E-state index >= 15 is 0 Å². The number of nitrogens with zero attached hydrogens (tertiary/aromatic N) is 2. The SMILES string of the molecule is O=C(c1cc(S(=O)(=O)N2CCCC2)ccc1Cl)N1CC=C(c2ccccc2)CC1. The summed E-state index contributed by atoms with van der Waals surface area (Å²) in [7, 11) is -3.59. The van der Waals surface area contributed by atoms with Crippen LogP contribution in [-0.4, -0.2) is 49.7 Å². The minimum atomic E-state index is -3.59. The van der Waals surface area contributed by atoms with Gasteiger partial charge in [-0.1, -0.05) is 48.0 Å². The molecule has 1 fully saturated rings. The van der Waals surface area contributed by atoms with Crippen LogP contribution in [-0.2, 0) is 10.0 Å². The first kappa shape index (κ1) is 20.1. The van der Waals surface area contributed by atoms with Crippen molar-refractivity contribution < 1.29 is 13.2 Å². The number of hydrogen-bond acceptors (Lipinski definition) is 3.